The molecule has 2 N–H and O–H groups in total. The Morgan fingerprint density at radius 2 is 1.74 bits per heavy atom. The molecule has 0 fully saturated rings. The number of para-hydroxylation sites is 1. The molecule has 0 aliphatic heterocycles. The summed E-state index contributed by atoms with van der Waals surface area (Å²) < 4.78 is 36.4. The third-order valence-corrected chi connectivity index (χ3v) is 6.19. The molecule has 4 aromatic rings. The van der Waals surface area contributed by atoms with Crippen molar-refractivity contribution in [3.8, 4) is 5.75 Å². The van der Waals surface area contributed by atoms with E-state index in [1.54, 1.807) is 54.6 Å². The van der Waals surface area contributed by atoms with Crippen LogP contribution in [0.25, 0.3) is 11.0 Å². The third kappa shape index (κ3) is 5.38. The Hall–Kier alpha value is -3.82. The van der Waals surface area contributed by atoms with E-state index in [-0.39, 0.29) is 16.0 Å². The number of rotatable bonds is 7. The molecule has 1 aromatic heterocycles. The number of halogens is 1. The van der Waals surface area contributed by atoms with Gasteiger partial charge in [0.2, 0.25) is 5.55 Å². The largest absolute Gasteiger partial charge is 0.494 e. The van der Waals surface area contributed by atoms with Gasteiger partial charge >= 0.3 is 0 Å². The minimum absolute atomic E-state index is 0.0400. The Balaban J connectivity index is 1.69. The van der Waals surface area contributed by atoms with Gasteiger partial charge in [-0.3, -0.25) is 4.79 Å². The van der Waals surface area contributed by atoms with Gasteiger partial charge in [0.1, 0.15) is 16.9 Å². The second-order valence-electron chi connectivity index (χ2n) is 7.08. The summed E-state index contributed by atoms with van der Waals surface area (Å²) in [7, 11) is -4.02. The Kier molecular flexibility index (Phi) is 6.85. The van der Waals surface area contributed by atoms with Gasteiger partial charge in [-0.15, -0.1) is 5.10 Å². The molecule has 8 nitrogen and oxygen atoms in total. The van der Waals surface area contributed by atoms with Crippen LogP contribution in [0.3, 0.4) is 0 Å². The molecule has 4 rings (SSSR count). The molecule has 10 heteroatoms. The van der Waals surface area contributed by atoms with E-state index in [2.05, 4.69) is 15.2 Å². The normalized spacial score (nSPS) is 11.9. The number of anilines is 1. The molecule has 0 saturated heterocycles. The number of nitrogens with one attached hydrogen (secondary N) is 2. The Morgan fingerprint density at radius 1 is 1.03 bits per heavy atom. The standard InChI is InChI=1S/C24H20ClN3O5S/c1-2-32-19-11-9-18(10-12-19)26-23(29)21-15-16-5-3-4-6-22(16)33-24(21)27-28-34(30,31)20-13-7-17(25)8-14-20/h3-15,28H,2H2,1H3,(H,26,29). The fraction of sp³-hybridized carbons (Fsp3) is 0.0833. The summed E-state index contributed by atoms with van der Waals surface area (Å²) in [6.07, 6.45) is 0. The number of carbonyl (C=O) groups excluding carboxylic acids is 1. The first-order chi connectivity index (χ1) is 16.4. The highest BCUT2D eigenvalue weighted by Crippen LogP contribution is 2.18. The van der Waals surface area contributed by atoms with Crippen LogP contribution in [0.2, 0.25) is 5.02 Å². The third-order valence-electron chi connectivity index (χ3n) is 4.72. The predicted molar refractivity (Wildman–Crippen MR) is 129 cm³/mol. The van der Waals surface area contributed by atoms with Crippen molar-refractivity contribution >= 4 is 44.2 Å². The second-order valence-corrected chi connectivity index (χ2v) is 9.17. The maximum atomic E-state index is 13.1. The number of ether oxygens (including phenoxy) is 1. The number of sulfonamides is 1. The van der Waals surface area contributed by atoms with Crippen molar-refractivity contribution in [1.29, 1.82) is 0 Å². The zero-order chi connectivity index (χ0) is 24.1. The summed E-state index contributed by atoms with van der Waals surface area (Å²) in [6.45, 7) is 2.41. The molecule has 1 heterocycles. The minimum atomic E-state index is -4.02. The average Bonchev–Trinajstić information content (AvgIpc) is 2.84. The van der Waals surface area contributed by atoms with Gasteiger partial charge in [0.05, 0.1) is 11.5 Å². The zero-order valence-corrected chi connectivity index (χ0v) is 19.6. The van der Waals surface area contributed by atoms with Crippen LogP contribution in [0.1, 0.15) is 17.3 Å². The Labute approximate surface area is 200 Å². The summed E-state index contributed by atoms with van der Waals surface area (Å²) in [4.78, 5) is 15.1. The van der Waals surface area contributed by atoms with Gasteiger partial charge in [-0.1, -0.05) is 29.8 Å². The summed E-state index contributed by atoms with van der Waals surface area (Å²) in [5, 5.41) is 7.72. The van der Waals surface area contributed by atoms with Crippen molar-refractivity contribution in [3.05, 3.63) is 95.0 Å². The van der Waals surface area contributed by atoms with Crippen molar-refractivity contribution in [3.63, 3.8) is 0 Å². The molecule has 3 aromatic carbocycles. The highest BCUT2D eigenvalue weighted by molar-refractivity contribution is 7.89. The first-order valence-electron chi connectivity index (χ1n) is 10.2. The van der Waals surface area contributed by atoms with Gasteiger partial charge in [0.25, 0.3) is 15.9 Å². The van der Waals surface area contributed by atoms with Crippen molar-refractivity contribution in [2.75, 3.05) is 11.9 Å². The topological polar surface area (TPSA) is 110 Å². The van der Waals surface area contributed by atoms with E-state index in [9.17, 15) is 13.2 Å². The summed E-state index contributed by atoms with van der Waals surface area (Å²) in [5.74, 6) is 0.150. The van der Waals surface area contributed by atoms with Gasteiger partial charge in [-0.2, -0.15) is 13.2 Å². The fourth-order valence-corrected chi connectivity index (χ4v) is 4.01. The Bertz CT molecular complexity index is 1500. The SMILES string of the molecule is CCOc1ccc(NC(=O)c2cc3ccccc3oc2=NNS(=O)(=O)c2ccc(Cl)cc2)cc1. The van der Waals surface area contributed by atoms with Crippen LogP contribution in [0.15, 0.2) is 93.3 Å². The molecular weight excluding hydrogens is 478 g/mol. The molecule has 0 aliphatic carbocycles. The molecular formula is C24H20ClN3O5S. The fourth-order valence-electron chi connectivity index (χ4n) is 3.08. The average molecular weight is 498 g/mol. The number of amides is 1. The van der Waals surface area contributed by atoms with Gasteiger partial charge in [-0.05, 0) is 67.6 Å². The molecule has 0 radical (unpaired) electrons. The minimum Gasteiger partial charge on any atom is -0.494 e. The predicted octanol–water partition coefficient (Wildman–Crippen LogP) is 4.53. The monoisotopic (exact) mass is 497 g/mol. The van der Waals surface area contributed by atoms with Gasteiger partial charge in [-0.25, -0.2) is 0 Å². The lowest BCUT2D eigenvalue weighted by Gasteiger charge is -2.09. The number of carbonyl (C=O) groups is 1. The van der Waals surface area contributed by atoms with E-state index in [0.29, 0.717) is 34.0 Å². The van der Waals surface area contributed by atoms with Crippen LogP contribution in [-0.2, 0) is 10.0 Å². The maximum Gasteiger partial charge on any atom is 0.276 e. The molecule has 0 spiro atoms. The van der Waals surface area contributed by atoms with Crippen molar-refractivity contribution in [2.24, 2.45) is 5.10 Å². The highest BCUT2D eigenvalue weighted by Gasteiger charge is 2.16. The molecule has 34 heavy (non-hydrogen) atoms. The van der Waals surface area contributed by atoms with Crippen LogP contribution in [0.4, 0.5) is 5.69 Å². The molecule has 0 unspecified atom stereocenters. The van der Waals surface area contributed by atoms with Crippen LogP contribution >= 0.6 is 11.6 Å². The highest BCUT2D eigenvalue weighted by atomic mass is 35.5. The van der Waals surface area contributed by atoms with E-state index in [0.717, 1.165) is 0 Å². The molecule has 1 amide bonds. The van der Waals surface area contributed by atoms with E-state index in [1.807, 2.05) is 6.92 Å². The van der Waals surface area contributed by atoms with E-state index < -0.39 is 15.9 Å². The number of fused-ring (bicyclic) bond motifs is 1. The summed E-state index contributed by atoms with van der Waals surface area (Å²) in [5.41, 5.74) is 0.810. The van der Waals surface area contributed by atoms with Crippen LogP contribution < -0.4 is 20.4 Å². The lowest BCUT2D eigenvalue weighted by Crippen LogP contribution is -2.27. The second kappa shape index (κ2) is 9.98. The smallest absolute Gasteiger partial charge is 0.276 e. The molecule has 0 aliphatic rings. The lowest BCUT2D eigenvalue weighted by atomic mass is 10.1. The van der Waals surface area contributed by atoms with Gasteiger partial charge in [0, 0.05) is 16.1 Å². The quantitative estimate of drug-likeness (QED) is 0.364. The van der Waals surface area contributed by atoms with Crippen molar-refractivity contribution in [2.45, 2.75) is 11.8 Å². The van der Waals surface area contributed by atoms with E-state index in [4.69, 9.17) is 20.8 Å². The van der Waals surface area contributed by atoms with Crippen molar-refractivity contribution < 1.29 is 22.4 Å². The first-order valence-corrected chi connectivity index (χ1v) is 12.1. The number of benzene rings is 3. The Morgan fingerprint density at radius 3 is 2.44 bits per heavy atom. The van der Waals surface area contributed by atoms with E-state index >= 15 is 0 Å². The number of nitrogens with zero attached hydrogens (tertiary/aromatic N) is 1. The molecule has 174 valence electrons. The molecule has 0 atom stereocenters. The van der Waals surface area contributed by atoms with Gasteiger partial charge in [0.15, 0.2) is 0 Å². The first kappa shape index (κ1) is 23.3. The van der Waals surface area contributed by atoms with Gasteiger partial charge < -0.3 is 14.5 Å². The number of hydrogen-bond donors (Lipinski definition) is 2. The lowest BCUT2D eigenvalue weighted by molar-refractivity contribution is 0.102. The van der Waals surface area contributed by atoms with Crippen LogP contribution in [0, 0.1) is 0 Å². The summed E-state index contributed by atoms with van der Waals surface area (Å²) in [6, 6.07) is 21.0. The van der Waals surface area contributed by atoms with Crippen LogP contribution in [-0.4, -0.2) is 20.9 Å². The summed E-state index contributed by atoms with van der Waals surface area (Å²) >= 11 is 5.83. The maximum absolute atomic E-state index is 13.1. The molecule has 0 saturated carbocycles. The van der Waals surface area contributed by atoms with Crippen LogP contribution in [0.5, 0.6) is 5.75 Å². The zero-order valence-electron chi connectivity index (χ0n) is 18.0. The molecule has 0 bridgehead atoms. The van der Waals surface area contributed by atoms with Crippen molar-refractivity contribution in [1.82, 2.24) is 4.83 Å². The van der Waals surface area contributed by atoms with E-state index in [1.165, 1.54) is 24.3 Å². The number of hydrogen-bond acceptors (Lipinski definition) is 6.